The number of anilines is 1. The minimum atomic E-state index is -0.482. The summed E-state index contributed by atoms with van der Waals surface area (Å²) in [6, 6.07) is 12.2. The summed E-state index contributed by atoms with van der Waals surface area (Å²) in [5.74, 6) is -0.119. The minimum absolute atomic E-state index is 0.0800. The molecule has 1 aromatic heterocycles. The van der Waals surface area contributed by atoms with Crippen LogP contribution in [0.25, 0.3) is 22.4 Å². The van der Waals surface area contributed by atoms with Crippen LogP contribution in [0.2, 0.25) is 5.02 Å². The van der Waals surface area contributed by atoms with Crippen molar-refractivity contribution in [1.82, 2.24) is 10.2 Å². The molecular weight excluding hydrogens is 357 g/mol. The van der Waals surface area contributed by atoms with Crippen molar-refractivity contribution in [3.63, 3.8) is 0 Å². The third-order valence-corrected chi connectivity index (χ3v) is 3.97. The summed E-state index contributed by atoms with van der Waals surface area (Å²) in [5.41, 5.74) is 8.88. The summed E-state index contributed by atoms with van der Waals surface area (Å²) in [4.78, 5) is 0. The van der Waals surface area contributed by atoms with Crippen LogP contribution in [-0.4, -0.2) is 10.2 Å². The highest BCUT2D eigenvalue weighted by atomic mass is 79.9. The van der Waals surface area contributed by atoms with Gasteiger partial charge in [-0.3, -0.25) is 5.10 Å². The number of halogens is 3. The van der Waals surface area contributed by atoms with Gasteiger partial charge in [0, 0.05) is 10.0 Å². The van der Waals surface area contributed by atoms with Crippen LogP contribution in [0.3, 0.4) is 0 Å². The lowest BCUT2D eigenvalue weighted by Crippen LogP contribution is -1.89. The van der Waals surface area contributed by atoms with Crippen molar-refractivity contribution in [2.45, 2.75) is 0 Å². The fourth-order valence-corrected chi connectivity index (χ4v) is 2.51. The number of aromatic nitrogens is 2. The van der Waals surface area contributed by atoms with E-state index < -0.39 is 5.82 Å². The number of rotatable bonds is 2. The molecule has 3 nitrogen and oxygen atoms in total. The molecule has 3 N–H and O–H groups in total. The van der Waals surface area contributed by atoms with Gasteiger partial charge in [-0.25, -0.2) is 4.39 Å². The number of hydrogen-bond acceptors (Lipinski definition) is 2. The first kappa shape index (κ1) is 14.1. The number of nitrogens with zero attached hydrogens (tertiary/aromatic N) is 1. The number of nitrogens with one attached hydrogen (secondary N) is 1. The van der Waals surface area contributed by atoms with Gasteiger partial charge in [0.05, 0.1) is 16.3 Å². The van der Waals surface area contributed by atoms with Crippen molar-refractivity contribution < 1.29 is 4.39 Å². The van der Waals surface area contributed by atoms with Crippen LogP contribution in [0.15, 0.2) is 46.9 Å². The lowest BCUT2D eigenvalue weighted by Gasteiger charge is -2.06. The molecule has 0 amide bonds. The van der Waals surface area contributed by atoms with Gasteiger partial charge in [-0.2, -0.15) is 5.10 Å². The Hall–Kier alpha value is -1.85. The molecule has 0 spiro atoms. The maximum atomic E-state index is 13.7. The molecule has 0 saturated carbocycles. The summed E-state index contributed by atoms with van der Waals surface area (Å²) in [6.45, 7) is 0. The van der Waals surface area contributed by atoms with E-state index in [1.54, 1.807) is 6.07 Å². The molecule has 21 heavy (non-hydrogen) atoms. The largest absolute Gasteiger partial charge is 0.382 e. The number of H-pyrrole nitrogens is 1. The van der Waals surface area contributed by atoms with E-state index in [0.717, 1.165) is 15.6 Å². The summed E-state index contributed by atoms with van der Waals surface area (Å²) in [5, 5.41) is 6.96. The van der Waals surface area contributed by atoms with Gasteiger partial charge in [0.15, 0.2) is 5.82 Å². The normalized spacial score (nSPS) is 10.8. The lowest BCUT2D eigenvalue weighted by atomic mass is 10.0. The van der Waals surface area contributed by atoms with Gasteiger partial charge < -0.3 is 5.73 Å². The Labute approximate surface area is 134 Å². The van der Waals surface area contributed by atoms with Crippen molar-refractivity contribution in [1.29, 1.82) is 0 Å². The SMILES string of the molecule is Nc1n[nH]c(-c2ccc(Cl)c(F)c2)c1-c1ccc(Br)cc1. The van der Waals surface area contributed by atoms with E-state index in [1.165, 1.54) is 12.1 Å². The number of nitrogen functional groups attached to an aromatic ring is 1. The van der Waals surface area contributed by atoms with Crippen LogP contribution in [0.4, 0.5) is 10.2 Å². The average molecular weight is 367 g/mol. The summed E-state index contributed by atoms with van der Waals surface area (Å²) in [6.07, 6.45) is 0. The quantitative estimate of drug-likeness (QED) is 0.679. The zero-order valence-corrected chi connectivity index (χ0v) is 13.0. The van der Waals surface area contributed by atoms with E-state index in [1.807, 2.05) is 24.3 Å². The standard InChI is InChI=1S/C15H10BrClFN3/c16-10-4-1-8(2-5-10)13-14(20-21-15(13)19)9-3-6-11(17)12(18)7-9/h1-7H,(H3,19,20,21). The molecule has 0 aliphatic heterocycles. The van der Waals surface area contributed by atoms with Gasteiger partial charge in [-0.05, 0) is 29.8 Å². The second-order valence-electron chi connectivity index (χ2n) is 4.49. The predicted molar refractivity (Wildman–Crippen MR) is 86.5 cm³/mol. The maximum Gasteiger partial charge on any atom is 0.153 e. The first-order valence-electron chi connectivity index (χ1n) is 6.11. The smallest absolute Gasteiger partial charge is 0.153 e. The van der Waals surface area contributed by atoms with E-state index in [9.17, 15) is 4.39 Å². The summed E-state index contributed by atoms with van der Waals surface area (Å²) >= 11 is 9.11. The monoisotopic (exact) mass is 365 g/mol. The summed E-state index contributed by atoms with van der Waals surface area (Å²) in [7, 11) is 0. The van der Waals surface area contributed by atoms with E-state index in [2.05, 4.69) is 26.1 Å². The molecule has 0 atom stereocenters. The Morgan fingerprint density at radius 3 is 2.43 bits per heavy atom. The van der Waals surface area contributed by atoms with Crippen LogP contribution in [-0.2, 0) is 0 Å². The molecule has 0 saturated heterocycles. The highest BCUT2D eigenvalue weighted by Gasteiger charge is 2.15. The fourth-order valence-electron chi connectivity index (χ4n) is 2.13. The van der Waals surface area contributed by atoms with Crippen molar-refractivity contribution in [2.75, 3.05) is 5.73 Å². The van der Waals surface area contributed by atoms with Crippen LogP contribution < -0.4 is 5.73 Å². The van der Waals surface area contributed by atoms with Crippen LogP contribution in [0.1, 0.15) is 0 Å². The third-order valence-electron chi connectivity index (χ3n) is 3.14. The minimum Gasteiger partial charge on any atom is -0.382 e. The van der Waals surface area contributed by atoms with E-state index in [-0.39, 0.29) is 5.02 Å². The number of nitrogens with two attached hydrogens (primary N) is 1. The highest BCUT2D eigenvalue weighted by molar-refractivity contribution is 9.10. The average Bonchev–Trinajstić information content (AvgIpc) is 2.85. The highest BCUT2D eigenvalue weighted by Crippen LogP contribution is 2.36. The Morgan fingerprint density at radius 1 is 1.10 bits per heavy atom. The molecule has 3 rings (SSSR count). The van der Waals surface area contributed by atoms with E-state index in [4.69, 9.17) is 17.3 Å². The third kappa shape index (κ3) is 2.66. The van der Waals surface area contributed by atoms with Crippen molar-refractivity contribution in [3.05, 3.63) is 57.8 Å². The Balaban J connectivity index is 2.16. The molecular formula is C15H10BrClFN3. The second-order valence-corrected chi connectivity index (χ2v) is 5.82. The van der Waals surface area contributed by atoms with Gasteiger partial charge in [-0.1, -0.05) is 45.7 Å². The summed E-state index contributed by atoms with van der Waals surface area (Å²) < 4.78 is 14.6. The first-order valence-corrected chi connectivity index (χ1v) is 7.28. The van der Waals surface area contributed by atoms with Crippen LogP contribution in [0, 0.1) is 5.82 Å². The molecule has 0 radical (unpaired) electrons. The number of hydrogen-bond donors (Lipinski definition) is 2. The zero-order chi connectivity index (χ0) is 15.0. The van der Waals surface area contributed by atoms with Crippen molar-refractivity contribution in [3.8, 4) is 22.4 Å². The van der Waals surface area contributed by atoms with Gasteiger partial charge in [0.25, 0.3) is 0 Å². The first-order chi connectivity index (χ1) is 10.1. The Kier molecular flexibility index (Phi) is 3.69. The van der Waals surface area contributed by atoms with E-state index >= 15 is 0 Å². The molecule has 2 aromatic carbocycles. The molecule has 0 aliphatic carbocycles. The molecule has 106 valence electrons. The Bertz CT molecular complexity index is 799. The topological polar surface area (TPSA) is 54.7 Å². The maximum absolute atomic E-state index is 13.7. The molecule has 0 bridgehead atoms. The number of aromatic amines is 1. The Morgan fingerprint density at radius 2 is 1.76 bits per heavy atom. The molecule has 0 aliphatic rings. The van der Waals surface area contributed by atoms with Crippen LogP contribution in [0.5, 0.6) is 0 Å². The lowest BCUT2D eigenvalue weighted by molar-refractivity contribution is 0.628. The van der Waals surface area contributed by atoms with Crippen LogP contribution >= 0.6 is 27.5 Å². The zero-order valence-electron chi connectivity index (χ0n) is 10.7. The van der Waals surface area contributed by atoms with Gasteiger partial charge >= 0.3 is 0 Å². The van der Waals surface area contributed by atoms with E-state index in [0.29, 0.717) is 17.1 Å². The molecule has 6 heteroatoms. The second kappa shape index (κ2) is 5.50. The van der Waals surface area contributed by atoms with Crippen molar-refractivity contribution in [2.24, 2.45) is 0 Å². The molecule has 3 aromatic rings. The predicted octanol–water partition coefficient (Wildman–Crippen LogP) is 4.88. The molecule has 1 heterocycles. The van der Waals surface area contributed by atoms with Gasteiger partial charge in [-0.15, -0.1) is 0 Å². The van der Waals surface area contributed by atoms with Crippen molar-refractivity contribution >= 4 is 33.3 Å². The van der Waals surface area contributed by atoms with Gasteiger partial charge in [0.2, 0.25) is 0 Å². The molecule has 0 unspecified atom stereocenters. The fraction of sp³-hybridized carbons (Fsp3) is 0. The van der Waals surface area contributed by atoms with Gasteiger partial charge in [0.1, 0.15) is 5.82 Å². The molecule has 0 fully saturated rings. The number of benzene rings is 2.